The van der Waals surface area contributed by atoms with E-state index >= 15 is 0 Å². The molecule has 4 heterocycles. The maximum Gasteiger partial charge on any atom is 0.255 e. The van der Waals surface area contributed by atoms with Gasteiger partial charge in [-0.15, -0.1) is 0 Å². The molecule has 2 atom stereocenters. The Morgan fingerprint density at radius 3 is 2.35 bits per heavy atom. The van der Waals surface area contributed by atoms with Crippen LogP contribution in [0.2, 0.25) is 0 Å². The SMILES string of the molecule is O=C1CCC(N2Cc3cc(OCC4CCCCN4Cc4ccc(N5CCN(Cc6ccccc6)CC5)cc4)ccc3C2=O)C(=O)N1. The predicted molar refractivity (Wildman–Crippen MR) is 176 cm³/mol. The Morgan fingerprint density at radius 1 is 0.783 bits per heavy atom. The van der Waals surface area contributed by atoms with E-state index in [0.29, 0.717) is 31.2 Å². The molecule has 3 aromatic rings. The van der Waals surface area contributed by atoms with E-state index in [1.165, 1.54) is 29.7 Å². The number of imide groups is 1. The average molecular weight is 622 g/mol. The van der Waals surface area contributed by atoms with Crippen LogP contribution in [0.3, 0.4) is 0 Å². The van der Waals surface area contributed by atoms with Gasteiger partial charge in [-0.1, -0.05) is 48.9 Å². The summed E-state index contributed by atoms with van der Waals surface area (Å²) in [6, 6.07) is 25.2. The number of carbonyl (C=O) groups is 3. The molecule has 46 heavy (non-hydrogen) atoms. The summed E-state index contributed by atoms with van der Waals surface area (Å²) >= 11 is 0. The van der Waals surface area contributed by atoms with Gasteiger partial charge in [-0.05, 0) is 72.8 Å². The quantitative estimate of drug-likeness (QED) is 0.359. The van der Waals surface area contributed by atoms with Gasteiger partial charge in [-0.3, -0.25) is 29.5 Å². The first-order chi connectivity index (χ1) is 22.5. The molecule has 0 spiro atoms. The van der Waals surface area contributed by atoms with Gasteiger partial charge in [0.1, 0.15) is 18.4 Å². The number of ether oxygens (including phenoxy) is 1. The molecule has 3 fully saturated rings. The molecule has 9 heteroatoms. The van der Waals surface area contributed by atoms with Crippen LogP contribution in [0.4, 0.5) is 5.69 Å². The number of fused-ring (bicyclic) bond motifs is 1. The Balaban J connectivity index is 0.913. The summed E-state index contributed by atoms with van der Waals surface area (Å²) in [6.07, 6.45) is 4.09. The minimum absolute atomic E-state index is 0.161. The van der Waals surface area contributed by atoms with Crippen LogP contribution in [0.25, 0.3) is 0 Å². The van der Waals surface area contributed by atoms with Gasteiger partial charge in [0.25, 0.3) is 5.91 Å². The monoisotopic (exact) mass is 621 g/mol. The minimum Gasteiger partial charge on any atom is -0.492 e. The molecule has 9 nitrogen and oxygen atoms in total. The summed E-state index contributed by atoms with van der Waals surface area (Å²) in [5.41, 5.74) is 5.47. The zero-order valence-corrected chi connectivity index (χ0v) is 26.4. The van der Waals surface area contributed by atoms with Crippen LogP contribution in [0, 0.1) is 0 Å². The third-order valence-electron chi connectivity index (χ3n) is 9.99. The Kier molecular flexibility index (Phi) is 9.03. The first-order valence-electron chi connectivity index (χ1n) is 16.7. The van der Waals surface area contributed by atoms with Crippen molar-refractivity contribution in [1.29, 1.82) is 0 Å². The summed E-state index contributed by atoms with van der Waals surface area (Å²) in [7, 11) is 0. The molecule has 0 bridgehead atoms. The third kappa shape index (κ3) is 6.81. The molecule has 7 rings (SSSR count). The smallest absolute Gasteiger partial charge is 0.255 e. The summed E-state index contributed by atoms with van der Waals surface area (Å²) in [5.74, 6) is -0.0848. The lowest BCUT2D eigenvalue weighted by molar-refractivity contribution is -0.136. The predicted octanol–water partition coefficient (Wildman–Crippen LogP) is 4.20. The van der Waals surface area contributed by atoms with Crippen molar-refractivity contribution in [2.45, 2.75) is 63.8 Å². The van der Waals surface area contributed by atoms with Gasteiger partial charge < -0.3 is 14.5 Å². The molecule has 3 aromatic carbocycles. The highest BCUT2D eigenvalue weighted by atomic mass is 16.5. The summed E-state index contributed by atoms with van der Waals surface area (Å²) < 4.78 is 6.33. The number of piperidine rings is 2. The molecule has 2 unspecified atom stereocenters. The number of carbonyl (C=O) groups excluding carboxylic acids is 3. The molecule has 3 amide bonds. The molecule has 0 aliphatic carbocycles. The summed E-state index contributed by atoms with van der Waals surface area (Å²) in [6.45, 7) is 8.16. The van der Waals surface area contributed by atoms with Crippen molar-refractivity contribution in [2.24, 2.45) is 0 Å². The van der Waals surface area contributed by atoms with Gasteiger partial charge >= 0.3 is 0 Å². The zero-order chi connectivity index (χ0) is 31.5. The first-order valence-corrected chi connectivity index (χ1v) is 16.7. The van der Waals surface area contributed by atoms with Crippen molar-refractivity contribution >= 4 is 23.4 Å². The third-order valence-corrected chi connectivity index (χ3v) is 9.99. The number of nitrogens with one attached hydrogen (secondary N) is 1. The summed E-state index contributed by atoms with van der Waals surface area (Å²) in [4.78, 5) is 46.2. The van der Waals surface area contributed by atoms with Crippen molar-refractivity contribution in [2.75, 3.05) is 44.2 Å². The van der Waals surface area contributed by atoms with Crippen LogP contribution in [0.5, 0.6) is 5.75 Å². The number of rotatable bonds is 9. The second-order valence-electron chi connectivity index (χ2n) is 13.1. The van der Waals surface area contributed by atoms with Crippen molar-refractivity contribution < 1.29 is 19.1 Å². The normalized spacial score (nSPS) is 22.6. The van der Waals surface area contributed by atoms with E-state index in [2.05, 4.69) is 74.6 Å². The molecule has 4 aliphatic rings. The molecule has 0 radical (unpaired) electrons. The van der Waals surface area contributed by atoms with Crippen LogP contribution >= 0.6 is 0 Å². The number of hydrogen-bond acceptors (Lipinski definition) is 7. The largest absolute Gasteiger partial charge is 0.492 e. The van der Waals surface area contributed by atoms with E-state index in [1.807, 2.05) is 18.2 Å². The Labute approximate surface area is 271 Å². The number of hydrogen-bond donors (Lipinski definition) is 1. The van der Waals surface area contributed by atoms with Crippen LogP contribution in [-0.2, 0) is 29.2 Å². The number of likely N-dealkylation sites (tertiary alicyclic amines) is 1. The highest BCUT2D eigenvalue weighted by Crippen LogP contribution is 2.31. The second-order valence-corrected chi connectivity index (χ2v) is 13.1. The van der Waals surface area contributed by atoms with Gasteiger partial charge in [-0.2, -0.15) is 0 Å². The van der Waals surface area contributed by atoms with Crippen molar-refractivity contribution in [1.82, 2.24) is 20.0 Å². The first kappa shape index (κ1) is 30.4. The van der Waals surface area contributed by atoms with Crippen LogP contribution < -0.4 is 15.0 Å². The molecular formula is C37H43N5O4. The highest BCUT2D eigenvalue weighted by molar-refractivity contribution is 6.05. The number of amides is 3. The van der Waals surface area contributed by atoms with Crippen molar-refractivity contribution in [3.05, 3.63) is 95.1 Å². The lowest BCUT2D eigenvalue weighted by Crippen LogP contribution is -2.52. The number of piperazine rings is 1. The molecule has 4 aliphatic heterocycles. The summed E-state index contributed by atoms with van der Waals surface area (Å²) in [5, 5.41) is 2.36. The fourth-order valence-corrected chi connectivity index (χ4v) is 7.34. The fourth-order valence-electron chi connectivity index (χ4n) is 7.34. The van der Waals surface area contributed by atoms with E-state index in [0.717, 1.165) is 63.5 Å². The molecule has 240 valence electrons. The van der Waals surface area contributed by atoms with E-state index < -0.39 is 11.9 Å². The number of benzene rings is 3. The van der Waals surface area contributed by atoms with Gasteiger partial charge in [0.15, 0.2) is 0 Å². The molecule has 0 aromatic heterocycles. The highest BCUT2D eigenvalue weighted by Gasteiger charge is 2.39. The Hall–Kier alpha value is -4.21. The minimum atomic E-state index is -0.609. The van der Waals surface area contributed by atoms with Crippen LogP contribution in [0.1, 0.15) is 59.2 Å². The zero-order valence-electron chi connectivity index (χ0n) is 26.4. The van der Waals surface area contributed by atoms with E-state index in [-0.39, 0.29) is 18.2 Å². The fraction of sp³-hybridized carbons (Fsp3) is 0.432. The van der Waals surface area contributed by atoms with Gasteiger partial charge in [-0.25, -0.2) is 0 Å². The molecule has 1 N–H and O–H groups in total. The lowest BCUT2D eigenvalue weighted by Gasteiger charge is -2.37. The maximum absolute atomic E-state index is 13.1. The lowest BCUT2D eigenvalue weighted by atomic mass is 10.0. The van der Waals surface area contributed by atoms with E-state index in [1.54, 1.807) is 4.90 Å². The van der Waals surface area contributed by atoms with Crippen LogP contribution in [0.15, 0.2) is 72.8 Å². The topological polar surface area (TPSA) is 85.4 Å². The average Bonchev–Trinajstić information content (AvgIpc) is 3.40. The Bertz CT molecular complexity index is 1550. The molecule has 3 saturated heterocycles. The van der Waals surface area contributed by atoms with Gasteiger partial charge in [0.2, 0.25) is 11.8 Å². The number of nitrogens with zero attached hydrogens (tertiary/aromatic N) is 4. The molecular weight excluding hydrogens is 578 g/mol. The van der Waals surface area contributed by atoms with Crippen molar-refractivity contribution in [3.8, 4) is 5.75 Å². The standard InChI is InChI=1S/C37H43N5O4/c43-35-16-15-34(36(44)38-35)42-25-29-22-32(13-14-33(29)37(42)45)46-26-31-8-4-5-17-41(31)24-28-9-11-30(12-10-28)40-20-18-39(19-21-40)23-27-6-2-1-3-7-27/h1-3,6-7,9-14,22,31,34H,4-5,8,15-21,23-26H2,(H,38,43,44). The second kappa shape index (κ2) is 13.6. The molecule has 0 saturated carbocycles. The van der Waals surface area contributed by atoms with Gasteiger partial charge in [0, 0.05) is 69.5 Å². The Morgan fingerprint density at radius 2 is 1.57 bits per heavy atom. The van der Waals surface area contributed by atoms with E-state index in [9.17, 15) is 14.4 Å². The van der Waals surface area contributed by atoms with Gasteiger partial charge in [0.05, 0.1) is 0 Å². The van der Waals surface area contributed by atoms with E-state index in [4.69, 9.17) is 4.74 Å². The van der Waals surface area contributed by atoms with Crippen LogP contribution in [-0.4, -0.2) is 83.8 Å². The van der Waals surface area contributed by atoms with Crippen molar-refractivity contribution in [3.63, 3.8) is 0 Å². The maximum atomic E-state index is 13.1. The number of anilines is 1.